The van der Waals surface area contributed by atoms with Crippen molar-refractivity contribution in [2.75, 3.05) is 0 Å². The molecule has 0 heterocycles. The molecule has 1 heteroatoms. The highest BCUT2D eigenvalue weighted by molar-refractivity contribution is 4.96. The Labute approximate surface area is 69.4 Å². The smallest absolute Gasteiger partial charge is 0.00390 e. The van der Waals surface area contributed by atoms with Gasteiger partial charge in [-0.1, -0.05) is 6.92 Å². The van der Waals surface area contributed by atoms with Gasteiger partial charge in [0.2, 0.25) is 0 Å². The van der Waals surface area contributed by atoms with E-state index in [2.05, 4.69) is 6.92 Å². The fourth-order valence-corrected chi connectivity index (χ4v) is 2.42. The van der Waals surface area contributed by atoms with Crippen LogP contribution in [0.15, 0.2) is 0 Å². The Morgan fingerprint density at radius 1 is 1.09 bits per heavy atom. The molecule has 2 N–H and O–H groups in total. The molecule has 0 aromatic rings. The first-order valence-corrected chi connectivity index (χ1v) is 4.96. The van der Waals surface area contributed by atoms with Crippen LogP contribution in [0.4, 0.5) is 0 Å². The molecule has 0 bridgehead atoms. The third-order valence-electron chi connectivity index (χ3n) is 3.80. The van der Waals surface area contributed by atoms with E-state index >= 15 is 0 Å². The summed E-state index contributed by atoms with van der Waals surface area (Å²) in [6.07, 6.45) is 8.32. The van der Waals surface area contributed by atoms with Crippen LogP contribution < -0.4 is 5.73 Å². The quantitative estimate of drug-likeness (QED) is 0.614. The molecule has 0 atom stereocenters. The molecule has 0 unspecified atom stereocenters. The van der Waals surface area contributed by atoms with Crippen LogP contribution in [-0.4, -0.2) is 6.04 Å². The lowest BCUT2D eigenvalue weighted by molar-refractivity contribution is 0.229. The molecule has 2 saturated carbocycles. The van der Waals surface area contributed by atoms with E-state index in [1.54, 1.807) is 0 Å². The highest BCUT2D eigenvalue weighted by atomic mass is 14.6. The molecule has 0 amide bonds. The molecule has 11 heavy (non-hydrogen) atoms. The molecular formula is C10H19N. The van der Waals surface area contributed by atoms with Crippen molar-refractivity contribution >= 4 is 0 Å². The van der Waals surface area contributed by atoms with E-state index in [0.717, 1.165) is 11.3 Å². The first kappa shape index (κ1) is 7.60. The van der Waals surface area contributed by atoms with Crippen LogP contribution in [0.2, 0.25) is 0 Å². The molecule has 0 aromatic heterocycles. The summed E-state index contributed by atoms with van der Waals surface area (Å²) >= 11 is 0. The maximum atomic E-state index is 5.86. The monoisotopic (exact) mass is 153 g/mol. The molecule has 2 rings (SSSR count). The molecule has 0 saturated heterocycles. The van der Waals surface area contributed by atoms with Crippen molar-refractivity contribution in [1.29, 1.82) is 0 Å². The van der Waals surface area contributed by atoms with Gasteiger partial charge < -0.3 is 5.73 Å². The van der Waals surface area contributed by atoms with Crippen molar-refractivity contribution in [2.24, 2.45) is 17.1 Å². The van der Waals surface area contributed by atoms with Gasteiger partial charge in [0.15, 0.2) is 0 Å². The van der Waals surface area contributed by atoms with Crippen molar-refractivity contribution in [1.82, 2.24) is 0 Å². The van der Waals surface area contributed by atoms with Crippen LogP contribution in [0.5, 0.6) is 0 Å². The highest BCUT2D eigenvalue weighted by Gasteiger charge is 2.44. The normalized spacial score (nSPS) is 42.0. The molecule has 0 radical (unpaired) electrons. The Hall–Kier alpha value is -0.0400. The zero-order valence-corrected chi connectivity index (χ0v) is 7.47. The van der Waals surface area contributed by atoms with Crippen molar-refractivity contribution in [3.63, 3.8) is 0 Å². The van der Waals surface area contributed by atoms with Gasteiger partial charge in [0.1, 0.15) is 0 Å². The van der Waals surface area contributed by atoms with Gasteiger partial charge in [-0.2, -0.15) is 0 Å². The van der Waals surface area contributed by atoms with Crippen LogP contribution in [0.3, 0.4) is 0 Å². The second-order valence-corrected chi connectivity index (χ2v) is 4.77. The van der Waals surface area contributed by atoms with Gasteiger partial charge in [-0.25, -0.2) is 0 Å². The second kappa shape index (κ2) is 2.48. The summed E-state index contributed by atoms with van der Waals surface area (Å²) in [4.78, 5) is 0. The zero-order valence-electron chi connectivity index (χ0n) is 7.47. The molecule has 1 nitrogen and oxygen atoms in total. The third-order valence-corrected chi connectivity index (χ3v) is 3.80. The van der Waals surface area contributed by atoms with Crippen LogP contribution >= 0.6 is 0 Å². The molecule has 0 aromatic carbocycles. The molecule has 0 aliphatic heterocycles. The summed E-state index contributed by atoms with van der Waals surface area (Å²) in [5.41, 5.74) is 6.61. The predicted molar refractivity (Wildman–Crippen MR) is 47.3 cm³/mol. The molecular weight excluding hydrogens is 134 g/mol. The minimum Gasteiger partial charge on any atom is -0.328 e. The fraction of sp³-hybridized carbons (Fsp3) is 1.00. The van der Waals surface area contributed by atoms with E-state index in [1.165, 1.54) is 38.5 Å². The standard InChI is InChI=1S/C10H19N/c1-10(6-7-10)8-2-4-9(11)5-3-8/h8-9H,2-7,11H2,1H3. The van der Waals surface area contributed by atoms with Gasteiger partial charge in [0.25, 0.3) is 0 Å². The molecule has 2 fully saturated rings. The molecule has 0 spiro atoms. The first-order chi connectivity index (χ1) is 5.21. The van der Waals surface area contributed by atoms with E-state index in [0.29, 0.717) is 6.04 Å². The van der Waals surface area contributed by atoms with E-state index in [4.69, 9.17) is 5.73 Å². The minimum atomic E-state index is 0.522. The average Bonchev–Trinajstić information content (AvgIpc) is 2.70. The van der Waals surface area contributed by atoms with Gasteiger partial charge in [0.05, 0.1) is 0 Å². The maximum Gasteiger partial charge on any atom is 0.00390 e. The van der Waals surface area contributed by atoms with Crippen LogP contribution in [0.1, 0.15) is 45.4 Å². The Bertz CT molecular complexity index is 141. The van der Waals surface area contributed by atoms with Gasteiger partial charge in [-0.05, 0) is 49.9 Å². The van der Waals surface area contributed by atoms with Gasteiger partial charge in [-0.3, -0.25) is 0 Å². The molecule has 64 valence electrons. The third kappa shape index (κ3) is 1.44. The summed E-state index contributed by atoms with van der Waals surface area (Å²) in [6, 6.07) is 0.522. The van der Waals surface area contributed by atoms with E-state index in [1.807, 2.05) is 0 Å². The largest absolute Gasteiger partial charge is 0.328 e. The summed E-state index contributed by atoms with van der Waals surface area (Å²) < 4.78 is 0. The highest BCUT2D eigenvalue weighted by Crippen LogP contribution is 2.55. The average molecular weight is 153 g/mol. The van der Waals surface area contributed by atoms with E-state index in [9.17, 15) is 0 Å². The maximum absolute atomic E-state index is 5.86. The molecule has 2 aliphatic carbocycles. The minimum absolute atomic E-state index is 0.522. The van der Waals surface area contributed by atoms with Crippen molar-refractivity contribution in [3.8, 4) is 0 Å². The number of hydrogen-bond acceptors (Lipinski definition) is 1. The molecule has 2 aliphatic rings. The summed E-state index contributed by atoms with van der Waals surface area (Å²) in [5, 5.41) is 0. The summed E-state index contributed by atoms with van der Waals surface area (Å²) in [5.74, 6) is 1.02. The van der Waals surface area contributed by atoms with E-state index in [-0.39, 0.29) is 0 Å². The van der Waals surface area contributed by atoms with Crippen molar-refractivity contribution in [3.05, 3.63) is 0 Å². The Kier molecular flexibility index (Phi) is 1.71. The second-order valence-electron chi connectivity index (χ2n) is 4.77. The Morgan fingerprint density at radius 3 is 2.09 bits per heavy atom. The zero-order chi connectivity index (χ0) is 7.90. The fourth-order valence-electron chi connectivity index (χ4n) is 2.42. The van der Waals surface area contributed by atoms with E-state index < -0.39 is 0 Å². The SMILES string of the molecule is CC1(C2CCC(N)CC2)CC1. The van der Waals surface area contributed by atoms with Gasteiger partial charge in [-0.15, -0.1) is 0 Å². The topological polar surface area (TPSA) is 26.0 Å². The Morgan fingerprint density at radius 2 is 1.64 bits per heavy atom. The summed E-state index contributed by atoms with van der Waals surface area (Å²) in [6.45, 7) is 2.45. The lowest BCUT2D eigenvalue weighted by atomic mass is 9.77. The van der Waals surface area contributed by atoms with Gasteiger partial charge >= 0.3 is 0 Å². The lowest BCUT2D eigenvalue weighted by Gasteiger charge is -2.30. The Balaban J connectivity index is 1.87. The number of rotatable bonds is 1. The first-order valence-electron chi connectivity index (χ1n) is 4.96. The summed E-state index contributed by atoms with van der Waals surface area (Å²) in [7, 11) is 0. The predicted octanol–water partition coefficient (Wildman–Crippen LogP) is 2.30. The van der Waals surface area contributed by atoms with Crippen molar-refractivity contribution < 1.29 is 0 Å². The van der Waals surface area contributed by atoms with Crippen molar-refractivity contribution in [2.45, 2.75) is 51.5 Å². The van der Waals surface area contributed by atoms with Crippen LogP contribution in [0.25, 0.3) is 0 Å². The number of nitrogens with two attached hydrogens (primary N) is 1. The van der Waals surface area contributed by atoms with Crippen LogP contribution in [-0.2, 0) is 0 Å². The van der Waals surface area contributed by atoms with Gasteiger partial charge in [0, 0.05) is 6.04 Å². The lowest BCUT2D eigenvalue weighted by Crippen LogP contribution is -2.29. The van der Waals surface area contributed by atoms with Crippen LogP contribution in [0, 0.1) is 11.3 Å². The number of hydrogen-bond donors (Lipinski definition) is 1.